The molecule has 2 aromatic heterocycles. The van der Waals surface area contributed by atoms with Gasteiger partial charge in [0.05, 0.1) is 23.4 Å². The largest absolute Gasteiger partial charge is 0.304 e. The second-order valence-corrected chi connectivity index (χ2v) is 7.87. The maximum Gasteiger partial charge on any atom is 0.199 e. The Kier molecular flexibility index (Phi) is 4.47. The number of nitrogens with zero attached hydrogens (tertiary/aromatic N) is 5. The summed E-state index contributed by atoms with van der Waals surface area (Å²) in [4.78, 5) is 6.93. The molecule has 3 heterocycles. The molecular formula is C17H21N5S2. The van der Waals surface area contributed by atoms with E-state index in [1.807, 2.05) is 10.7 Å². The molecule has 0 amide bonds. The van der Waals surface area contributed by atoms with Crippen LogP contribution in [0.4, 0.5) is 0 Å². The van der Waals surface area contributed by atoms with Crippen LogP contribution < -0.4 is 0 Å². The molecule has 4 rings (SSSR count). The first-order valence-corrected chi connectivity index (χ1v) is 9.63. The van der Waals surface area contributed by atoms with Crippen molar-refractivity contribution in [2.45, 2.75) is 45.4 Å². The number of aryl methyl sites for hydroxylation is 1. The molecule has 0 saturated carbocycles. The number of rotatable bonds is 4. The molecule has 24 heavy (non-hydrogen) atoms. The first-order chi connectivity index (χ1) is 11.7. The first kappa shape index (κ1) is 15.9. The molecule has 1 aromatic carbocycles. The van der Waals surface area contributed by atoms with Gasteiger partial charge in [0.2, 0.25) is 0 Å². The fourth-order valence-electron chi connectivity index (χ4n) is 3.21. The summed E-state index contributed by atoms with van der Waals surface area (Å²) >= 11 is 7.39. The molecule has 1 aliphatic heterocycles. The van der Waals surface area contributed by atoms with Crippen molar-refractivity contribution in [3.63, 3.8) is 0 Å². The van der Waals surface area contributed by atoms with E-state index in [-0.39, 0.29) is 0 Å². The molecule has 0 N–H and O–H groups in total. The van der Waals surface area contributed by atoms with Gasteiger partial charge in [-0.3, -0.25) is 4.90 Å². The summed E-state index contributed by atoms with van der Waals surface area (Å²) in [6.45, 7) is 2.52. The highest BCUT2D eigenvalue weighted by Crippen LogP contribution is 2.22. The number of hydrogen-bond acceptors (Lipinski definition) is 5. The van der Waals surface area contributed by atoms with E-state index in [2.05, 4.69) is 34.7 Å². The standard InChI is InChI=1S/C17H21N5S2/c1-20(11-16-18-13-7-4-5-8-14(13)24-16)12-22-17(23)21-10-6-2-3-9-15(21)19-22/h4-5,7-8H,2-3,6,9-12H2,1H3. The smallest absolute Gasteiger partial charge is 0.199 e. The zero-order valence-electron chi connectivity index (χ0n) is 13.8. The number of thiazole rings is 1. The third-order valence-electron chi connectivity index (χ3n) is 4.40. The monoisotopic (exact) mass is 359 g/mol. The molecule has 0 bridgehead atoms. The van der Waals surface area contributed by atoms with Crippen LogP contribution in [0.2, 0.25) is 0 Å². The third kappa shape index (κ3) is 3.16. The minimum Gasteiger partial charge on any atom is -0.304 e. The van der Waals surface area contributed by atoms with Gasteiger partial charge in [-0.1, -0.05) is 18.6 Å². The third-order valence-corrected chi connectivity index (χ3v) is 5.85. The maximum absolute atomic E-state index is 5.63. The highest BCUT2D eigenvalue weighted by atomic mass is 32.1. The fraction of sp³-hybridized carbons (Fsp3) is 0.471. The van der Waals surface area contributed by atoms with Crippen molar-refractivity contribution in [1.82, 2.24) is 24.2 Å². The average Bonchev–Trinajstić information content (AvgIpc) is 2.99. The van der Waals surface area contributed by atoms with Gasteiger partial charge in [-0.25, -0.2) is 9.67 Å². The van der Waals surface area contributed by atoms with Crippen LogP contribution in [0.25, 0.3) is 10.2 Å². The van der Waals surface area contributed by atoms with E-state index < -0.39 is 0 Å². The highest BCUT2D eigenvalue weighted by molar-refractivity contribution is 7.71. The van der Waals surface area contributed by atoms with Gasteiger partial charge in [0, 0.05) is 13.0 Å². The van der Waals surface area contributed by atoms with Gasteiger partial charge in [-0.15, -0.1) is 11.3 Å². The van der Waals surface area contributed by atoms with Crippen LogP contribution in [0.1, 0.15) is 30.1 Å². The summed E-state index contributed by atoms with van der Waals surface area (Å²) in [5, 5.41) is 5.88. The first-order valence-electron chi connectivity index (χ1n) is 8.40. The number of benzene rings is 1. The van der Waals surface area contributed by atoms with Crippen molar-refractivity contribution in [3.8, 4) is 0 Å². The summed E-state index contributed by atoms with van der Waals surface area (Å²) in [5.41, 5.74) is 1.08. The Morgan fingerprint density at radius 3 is 3.00 bits per heavy atom. The van der Waals surface area contributed by atoms with Crippen molar-refractivity contribution in [3.05, 3.63) is 39.9 Å². The molecule has 5 nitrogen and oxygen atoms in total. The van der Waals surface area contributed by atoms with Crippen LogP contribution in [0.15, 0.2) is 24.3 Å². The summed E-state index contributed by atoms with van der Waals surface area (Å²) in [6.07, 6.45) is 4.73. The minimum absolute atomic E-state index is 0.703. The second-order valence-electron chi connectivity index (χ2n) is 6.39. The van der Waals surface area contributed by atoms with Gasteiger partial charge in [0.15, 0.2) is 4.77 Å². The molecule has 0 radical (unpaired) electrons. The van der Waals surface area contributed by atoms with Crippen molar-refractivity contribution in [1.29, 1.82) is 0 Å². The average molecular weight is 360 g/mol. The predicted molar refractivity (Wildman–Crippen MR) is 99.7 cm³/mol. The second kappa shape index (κ2) is 6.74. The molecule has 0 fully saturated rings. The molecule has 0 spiro atoms. The van der Waals surface area contributed by atoms with Crippen molar-refractivity contribution < 1.29 is 0 Å². The number of aromatic nitrogens is 4. The molecule has 0 unspecified atom stereocenters. The Morgan fingerprint density at radius 2 is 2.12 bits per heavy atom. The minimum atomic E-state index is 0.703. The SMILES string of the molecule is CN(Cc1nc2ccccc2s1)Cn1nc2n(c1=S)CCCCC2. The summed E-state index contributed by atoms with van der Waals surface area (Å²) in [6, 6.07) is 8.29. The van der Waals surface area contributed by atoms with Crippen molar-refractivity contribution >= 4 is 33.8 Å². The Balaban J connectivity index is 1.50. The molecule has 0 atom stereocenters. The van der Waals surface area contributed by atoms with E-state index in [0.717, 1.165) is 40.6 Å². The van der Waals surface area contributed by atoms with E-state index in [1.165, 1.54) is 24.0 Å². The molecule has 3 aromatic rings. The van der Waals surface area contributed by atoms with E-state index in [9.17, 15) is 0 Å². The quantitative estimate of drug-likeness (QED) is 0.664. The van der Waals surface area contributed by atoms with Crippen LogP contribution in [0.3, 0.4) is 0 Å². The molecule has 126 valence electrons. The van der Waals surface area contributed by atoms with Crippen LogP contribution in [-0.2, 0) is 26.2 Å². The molecule has 7 heteroatoms. The molecular weight excluding hydrogens is 338 g/mol. The Morgan fingerprint density at radius 1 is 1.25 bits per heavy atom. The van der Waals surface area contributed by atoms with Crippen molar-refractivity contribution in [2.24, 2.45) is 0 Å². The van der Waals surface area contributed by atoms with Crippen LogP contribution >= 0.6 is 23.6 Å². The predicted octanol–water partition coefficient (Wildman–Crippen LogP) is 3.84. The van der Waals surface area contributed by atoms with Crippen LogP contribution in [-0.4, -0.2) is 31.3 Å². The van der Waals surface area contributed by atoms with E-state index in [0.29, 0.717) is 6.67 Å². The molecule has 1 aliphatic rings. The van der Waals surface area contributed by atoms with Gasteiger partial charge >= 0.3 is 0 Å². The lowest BCUT2D eigenvalue weighted by molar-refractivity contribution is 0.243. The normalized spacial score (nSPS) is 14.9. The lowest BCUT2D eigenvalue weighted by Crippen LogP contribution is -2.22. The Bertz CT molecular complexity index is 874. The number of fused-ring (bicyclic) bond motifs is 2. The Hall–Kier alpha value is -1.57. The lowest BCUT2D eigenvalue weighted by Gasteiger charge is -2.14. The van der Waals surface area contributed by atoms with Gasteiger partial charge in [-0.2, -0.15) is 5.10 Å². The lowest BCUT2D eigenvalue weighted by atomic mass is 10.2. The zero-order valence-corrected chi connectivity index (χ0v) is 15.4. The van der Waals surface area contributed by atoms with E-state index >= 15 is 0 Å². The summed E-state index contributed by atoms with van der Waals surface area (Å²) in [5.74, 6) is 1.14. The van der Waals surface area contributed by atoms with E-state index in [1.54, 1.807) is 11.3 Å². The van der Waals surface area contributed by atoms with Gasteiger partial charge < -0.3 is 4.57 Å². The summed E-state index contributed by atoms with van der Waals surface area (Å²) in [7, 11) is 2.10. The van der Waals surface area contributed by atoms with Gasteiger partial charge in [-0.05, 0) is 44.2 Å². The van der Waals surface area contributed by atoms with Gasteiger partial charge in [0.25, 0.3) is 0 Å². The summed E-state index contributed by atoms with van der Waals surface area (Å²) < 4.78 is 6.27. The van der Waals surface area contributed by atoms with Crippen molar-refractivity contribution in [2.75, 3.05) is 7.05 Å². The highest BCUT2D eigenvalue weighted by Gasteiger charge is 2.15. The van der Waals surface area contributed by atoms with Gasteiger partial charge in [0.1, 0.15) is 10.8 Å². The molecule has 0 saturated heterocycles. The number of para-hydroxylation sites is 1. The molecule has 0 aliphatic carbocycles. The van der Waals surface area contributed by atoms with Crippen LogP contribution in [0.5, 0.6) is 0 Å². The van der Waals surface area contributed by atoms with E-state index in [4.69, 9.17) is 22.3 Å². The number of hydrogen-bond donors (Lipinski definition) is 0. The topological polar surface area (TPSA) is 38.9 Å². The Labute approximate surface area is 150 Å². The fourth-order valence-corrected chi connectivity index (χ4v) is 4.56. The zero-order chi connectivity index (χ0) is 16.5. The maximum atomic E-state index is 5.63. The van der Waals surface area contributed by atoms with Crippen LogP contribution in [0, 0.1) is 4.77 Å².